The van der Waals surface area contributed by atoms with Crippen LogP contribution in [-0.4, -0.2) is 16.5 Å². The third kappa shape index (κ3) is 2.11. The van der Waals surface area contributed by atoms with Crippen molar-refractivity contribution in [2.24, 2.45) is 0 Å². The number of hydrogen-bond acceptors (Lipinski definition) is 4. The summed E-state index contributed by atoms with van der Waals surface area (Å²) in [5.41, 5.74) is 1.02. The molecule has 0 aromatic carbocycles. The summed E-state index contributed by atoms with van der Waals surface area (Å²) >= 11 is 1.67. The Morgan fingerprint density at radius 2 is 2.33 bits per heavy atom. The lowest BCUT2D eigenvalue weighted by atomic mass is 10.3. The van der Waals surface area contributed by atoms with E-state index in [1.807, 2.05) is 26.2 Å². The van der Waals surface area contributed by atoms with Crippen LogP contribution in [0.5, 0.6) is 0 Å². The van der Waals surface area contributed by atoms with Crippen LogP contribution in [0.1, 0.15) is 25.6 Å². The molecule has 3 nitrogen and oxygen atoms in total. The van der Waals surface area contributed by atoms with E-state index in [1.54, 1.807) is 11.8 Å². The molecule has 1 aromatic heterocycles. The van der Waals surface area contributed by atoms with Gasteiger partial charge in [-0.1, -0.05) is 6.08 Å². The summed E-state index contributed by atoms with van der Waals surface area (Å²) in [5, 5.41) is 7.80. The standard InChI is InChI=1S/C8H12N2OS/c1-4-6(2)8-10-9-7(11-8)5-12-3/h4H,5H2,1-3H3/b6-4+. The number of allylic oxidation sites excluding steroid dienone is 2. The van der Waals surface area contributed by atoms with Gasteiger partial charge in [0.2, 0.25) is 11.8 Å². The van der Waals surface area contributed by atoms with Gasteiger partial charge < -0.3 is 4.42 Å². The van der Waals surface area contributed by atoms with Gasteiger partial charge in [0, 0.05) is 5.57 Å². The van der Waals surface area contributed by atoms with Crippen LogP contribution in [0.3, 0.4) is 0 Å². The van der Waals surface area contributed by atoms with Crippen molar-refractivity contribution in [3.63, 3.8) is 0 Å². The van der Waals surface area contributed by atoms with E-state index in [0.29, 0.717) is 11.8 Å². The molecule has 0 aliphatic rings. The number of thioether (sulfide) groups is 1. The van der Waals surface area contributed by atoms with E-state index in [1.165, 1.54) is 0 Å². The van der Waals surface area contributed by atoms with Crippen molar-refractivity contribution in [1.29, 1.82) is 0 Å². The average molecular weight is 184 g/mol. The highest BCUT2D eigenvalue weighted by Gasteiger charge is 2.05. The molecule has 1 rings (SSSR count). The van der Waals surface area contributed by atoms with Crippen LogP contribution in [0.4, 0.5) is 0 Å². The van der Waals surface area contributed by atoms with Crippen molar-refractivity contribution in [3.8, 4) is 0 Å². The maximum Gasteiger partial charge on any atom is 0.243 e. The lowest BCUT2D eigenvalue weighted by Crippen LogP contribution is -1.77. The van der Waals surface area contributed by atoms with Gasteiger partial charge >= 0.3 is 0 Å². The molecular weight excluding hydrogens is 172 g/mol. The van der Waals surface area contributed by atoms with E-state index >= 15 is 0 Å². The Morgan fingerprint density at radius 1 is 1.58 bits per heavy atom. The molecule has 0 aliphatic carbocycles. The fourth-order valence-electron chi connectivity index (χ4n) is 0.718. The van der Waals surface area contributed by atoms with Crippen LogP contribution in [0.15, 0.2) is 10.5 Å². The molecule has 4 heteroatoms. The normalized spacial score (nSPS) is 12.1. The molecule has 0 atom stereocenters. The first-order valence-corrected chi connectivity index (χ1v) is 5.12. The topological polar surface area (TPSA) is 38.9 Å². The molecule has 0 radical (unpaired) electrons. The number of rotatable bonds is 3. The molecule has 0 spiro atoms. The maximum absolute atomic E-state index is 5.37. The van der Waals surface area contributed by atoms with Gasteiger partial charge in [-0.3, -0.25) is 0 Å². The molecule has 0 unspecified atom stereocenters. The summed E-state index contributed by atoms with van der Waals surface area (Å²) in [4.78, 5) is 0. The zero-order valence-electron chi connectivity index (χ0n) is 7.50. The molecule has 66 valence electrons. The third-order valence-electron chi connectivity index (χ3n) is 1.51. The van der Waals surface area contributed by atoms with Gasteiger partial charge in [-0.2, -0.15) is 11.8 Å². The third-order valence-corrected chi connectivity index (χ3v) is 2.04. The second kappa shape index (κ2) is 4.30. The smallest absolute Gasteiger partial charge is 0.243 e. The zero-order chi connectivity index (χ0) is 8.97. The summed E-state index contributed by atoms with van der Waals surface area (Å²) in [7, 11) is 0. The lowest BCUT2D eigenvalue weighted by molar-refractivity contribution is 0.502. The first-order chi connectivity index (χ1) is 5.77. The summed E-state index contributed by atoms with van der Waals surface area (Å²) in [6, 6.07) is 0. The van der Waals surface area contributed by atoms with Crippen molar-refractivity contribution >= 4 is 17.3 Å². The molecule has 0 saturated heterocycles. The van der Waals surface area contributed by atoms with Crippen LogP contribution in [0, 0.1) is 0 Å². The van der Waals surface area contributed by atoms with Crippen LogP contribution in [0.25, 0.3) is 5.57 Å². The number of aromatic nitrogens is 2. The monoisotopic (exact) mass is 184 g/mol. The molecule has 1 aromatic rings. The minimum atomic E-state index is 0.626. The van der Waals surface area contributed by atoms with Crippen molar-refractivity contribution in [2.75, 3.05) is 6.26 Å². The largest absolute Gasteiger partial charge is 0.420 e. The first kappa shape index (κ1) is 9.32. The van der Waals surface area contributed by atoms with Crippen molar-refractivity contribution in [3.05, 3.63) is 17.9 Å². The molecule has 0 bridgehead atoms. The second-order valence-corrected chi connectivity index (χ2v) is 3.27. The molecule has 0 fully saturated rings. The highest BCUT2D eigenvalue weighted by atomic mass is 32.2. The molecular formula is C8H12N2OS. The molecule has 0 amide bonds. The summed E-state index contributed by atoms with van der Waals surface area (Å²) < 4.78 is 5.37. The molecule has 0 N–H and O–H groups in total. The number of hydrogen-bond donors (Lipinski definition) is 0. The molecule has 12 heavy (non-hydrogen) atoms. The Kier molecular flexibility index (Phi) is 3.34. The Morgan fingerprint density at radius 3 is 2.92 bits per heavy atom. The van der Waals surface area contributed by atoms with Gasteiger partial charge in [0.25, 0.3) is 0 Å². The van der Waals surface area contributed by atoms with E-state index < -0.39 is 0 Å². The minimum absolute atomic E-state index is 0.626. The van der Waals surface area contributed by atoms with Crippen LogP contribution < -0.4 is 0 Å². The summed E-state index contributed by atoms with van der Waals surface area (Å²) in [6.45, 7) is 3.91. The van der Waals surface area contributed by atoms with Gasteiger partial charge in [0.15, 0.2) is 0 Å². The van der Waals surface area contributed by atoms with Gasteiger partial charge in [0.1, 0.15) is 0 Å². The Labute approximate surface area is 76.3 Å². The average Bonchev–Trinajstić information content (AvgIpc) is 2.52. The van der Waals surface area contributed by atoms with E-state index in [-0.39, 0.29) is 0 Å². The fourth-order valence-corrected chi connectivity index (χ4v) is 1.08. The lowest BCUT2D eigenvalue weighted by Gasteiger charge is -1.89. The van der Waals surface area contributed by atoms with Gasteiger partial charge in [0.05, 0.1) is 5.75 Å². The predicted molar refractivity (Wildman–Crippen MR) is 50.8 cm³/mol. The van der Waals surface area contributed by atoms with Gasteiger partial charge in [-0.25, -0.2) is 0 Å². The van der Waals surface area contributed by atoms with Crippen molar-refractivity contribution < 1.29 is 4.42 Å². The van der Waals surface area contributed by atoms with E-state index in [4.69, 9.17) is 4.42 Å². The highest BCUT2D eigenvalue weighted by Crippen LogP contribution is 2.13. The quantitative estimate of drug-likeness (QED) is 0.722. The Hall–Kier alpha value is -0.770. The van der Waals surface area contributed by atoms with Gasteiger partial charge in [-0.15, -0.1) is 10.2 Å². The molecule has 0 aliphatic heterocycles. The van der Waals surface area contributed by atoms with Crippen molar-refractivity contribution in [2.45, 2.75) is 19.6 Å². The Balaban J connectivity index is 2.77. The summed E-state index contributed by atoms with van der Waals surface area (Å²) in [6.07, 6.45) is 3.96. The van der Waals surface area contributed by atoms with E-state index in [2.05, 4.69) is 10.2 Å². The SMILES string of the molecule is C/C=C(\C)c1nnc(CSC)o1. The number of nitrogens with zero attached hydrogens (tertiary/aromatic N) is 2. The van der Waals surface area contributed by atoms with Crippen LogP contribution in [-0.2, 0) is 5.75 Å². The molecule has 0 saturated carbocycles. The summed E-state index contributed by atoms with van der Waals surface area (Å²) in [5.74, 6) is 2.10. The van der Waals surface area contributed by atoms with Crippen LogP contribution >= 0.6 is 11.8 Å². The van der Waals surface area contributed by atoms with E-state index in [9.17, 15) is 0 Å². The second-order valence-electron chi connectivity index (χ2n) is 2.41. The van der Waals surface area contributed by atoms with Crippen molar-refractivity contribution in [1.82, 2.24) is 10.2 Å². The highest BCUT2D eigenvalue weighted by molar-refractivity contribution is 7.97. The molecule has 1 heterocycles. The first-order valence-electron chi connectivity index (χ1n) is 3.72. The fraction of sp³-hybridized carbons (Fsp3) is 0.500. The zero-order valence-corrected chi connectivity index (χ0v) is 8.31. The minimum Gasteiger partial charge on any atom is -0.420 e. The maximum atomic E-state index is 5.37. The Bertz CT molecular complexity index is 280. The predicted octanol–water partition coefficient (Wildman–Crippen LogP) is 2.36. The van der Waals surface area contributed by atoms with Gasteiger partial charge in [-0.05, 0) is 20.1 Å². The van der Waals surface area contributed by atoms with Crippen LogP contribution in [0.2, 0.25) is 0 Å². The van der Waals surface area contributed by atoms with E-state index in [0.717, 1.165) is 11.3 Å².